The normalized spacial score (nSPS) is 10.8. The second-order valence-electron chi connectivity index (χ2n) is 3.89. The van der Waals surface area contributed by atoms with Crippen LogP contribution in [0, 0.1) is 0 Å². The standard InChI is InChI=1S/C13H16N2O2/c1-4-10-8-11-6-9(12(16)5-2)7-13(17-3)15(11)14-10/h6-8H,4-5H2,1-3H3. The Morgan fingerprint density at radius 2 is 2.12 bits per heavy atom. The van der Waals surface area contributed by atoms with Crippen LogP contribution >= 0.6 is 0 Å². The van der Waals surface area contributed by atoms with Crippen molar-refractivity contribution in [3.63, 3.8) is 0 Å². The minimum absolute atomic E-state index is 0.116. The summed E-state index contributed by atoms with van der Waals surface area (Å²) in [6.45, 7) is 3.90. The van der Waals surface area contributed by atoms with E-state index in [-0.39, 0.29) is 5.78 Å². The second-order valence-corrected chi connectivity index (χ2v) is 3.89. The molecule has 2 aromatic heterocycles. The first kappa shape index (κ1) is 11.6. The Kier molecular flexibility index (Phi) is 3.13. The Morgan fingerprint density at radius 3 is 2.71 bits per heavy atom. The van der Waals surface area contributed by atoms with Gasteiger partial charge >= 0.3 is 0 Å². The van der Waals surface area contributed by atoms with Crippen LogP contribution in [0.5, 0.6) is 5.88 Å². The van der Waals surface area contributed by atoms with Gasteiger partial charge in [0.1, 0.15) is 0 Å². The molecule has 0 bridgehead atoms. The molecule has 0 saturated heterocycles. The molecule has 0 aliphatic carbocycles. The first-order valence-corrected chi connectivity index (χ1v) is 5.79. The smallest absolute Gasteiger partial charge is 0.215 e. The zero-order valence-electron chi connectivity index (χ0n) is 10.4. The number of ether oxygens (including phenoxy) is 1. The number of pyridine rings is 1. The zero-order valence-corrected chi connectivity index (χ0v) is 10.4. The predicted molar refractivity (Wildman–Crippen MR) is 65.7 cm³/mol. The van der Waals surface area contributed by atoms with Gasteiger partial charge in [0.05, 0.1) is 18.3 Å². The summed E-state index contributed by atoms with van der Waals surface area (Å²) in [5.41, 5.74) is 2.57. The van der Waals surface area contributed by atoms with Crippen molar-refractivity contribution in [1.29, 1.82) is 0 Å². The lowest BCUT2D eigenvalue weighted by Gasteiger charge is -2.05. The van der Waals surface area contributed by atoms with Gasteiger partial charge in [0.15, 0.2) is 5.78 Å². The van der Waals surface area contributed by atoms with Crippen LogP contribution in [0.2, 0.25) is 0 Å². The largest absolute Gasteiger partial charge is 0.481 e. The van der Waals surface area contributed by atoms with E-state index in [9.17, 15) is 4.79 Å². The molecule has 0 fully saturated rings. The van der Waals surface area contributed by atoms with E-state index in [4.69, 9.17) is 4.74 Å². The number of carbonyl (C=O) groups is 1. The van der Waals surface area contributed by atoms with Crippen LogP contribution in [0.4, 0.5) is 0 Å². The molecule has 0 saturated carbocycles. The fourth-order valence-electron chi connectivity index (χ4n) is 1.80. The summed E-state index contributed by atoms with van der Waals surface area (Å²) >= 11 is 0. The molecule has 0 spiro atoms. The van der Waals surface area contributed by atoms with Crippen molar-refractivity contribution < 1.29 is 9.53 Å². The molecule has 0 amide bonds. The van der Waals surface area contributed by atoms with Crippen LogP contribution in [-0.2, 0) is 6.42 Å². The molecule has 17 heavy (non-hydrogen) atoms. The molecule has 0 aliphatic heterocycles. The maximum Gasteiger partial charge on any atom is 0.215 e. The van der Waals surface area contributed by atoms with Gasteiger partial charge in [0.2, 0.25) is 5.88 Å². The summed E-state index contributed by atoms with van der Waals surface area (Å²) in [5, 5.41) is 4.41. The zero-order chi connectivity index (χ0) is 12.4. The highest BCUT2D eigenvalue weighted by atomic mass is 16.5. The van der Waals surface area contributed by atoms with Gasteiger partial charge in [0.25, 0.3) is 0 Å². The van der Waals surface area contributed by atoms with Crippen molar-refractivity contribution in [1.82, 2.24) is 9.61 Å². The summed E-state index contributed by atoms with van der Waals surface area (Å²) < 4.78 is 7.00. The number of aromatic nitrogens is 2. The number of carbonyl (C=O) groups excluding carboxylic acids is 1. The van der Waals surface area contributed by atoms with Crippen LogP contribution in [0.25, 0.3) is 5.52 Å². The van der Waals surface area contributed by atoms with E-state index in [2.05, 4.69) is 5.10 Å². The number of methoxy groups -OCH3 is 1. The lowest BCUT2D eigenvalue weighted by Crippen LogP contribution is -2.02. The molecular formula is C13H16N2O2. The van der Waals surface area contributed by atoms with Crippen molar-refractivity contribution in [2.45, 2.75) is 26.7 Å². The van der Waals surface area contributed by atoms with Crippen LogP contribution in [0.15, 0.2) is 18.2 Å². The van der Waals surface area contributed by atoms with Crippen molar-refractivity contribution in [2.24, 2.45) is 0 Å². The van der Waals surface area contributed by atoms with Crippen LogP contribution in [0.1, 0.15) is 36.3 Å². The maximum absolute atomic E-state index is 11.7. The summed E-state index contributed by atoms with van der Waals surface area (Å²) in [5.74, 6) is 0.712. The average molecular weight is 232 g/mol. The molecule has 0 N–H and O–H groups in total. The quantitative estimate of drug-likeness (QED) is 0.761. The van der Waals surface area contributed by atoms with Crippen LogP contribution in [-0.4, -0.2) is 22.5 Å². The number of rotatable bonds is 4. The van der Waals surface area contributed by atoms with Gasteiger partial charge in [-0.25, -0.2) is 4.52 Å². The molecule has 0 aromatic carbocycles. The number of hydrogen-bond acceptors (Lipinski definition) is 3. The lowest BCUT2D eigenvalue weighted by molar-refractivity contribution is 0.0987. The molecule has 2 heterocycles. The predicted octanol–water partition coefficient (Wildman–Crippen LogP) is 2.50. The van der Waals surface area contributed by atoms with Crippen molar-refractivity contribution in [3.8, 4) is 5.88 Å². The monoisotopic (exact) mass is 232 g/mol. The van der Waals surface area contributed by atoms with E-state index >= 15 is 0 Å². The number of Topliss-reactive ketones (excluding diaryl/α,β-unsaturated/α-hetero) is 1. The van der Waals surface area contributed by atoms with Crippen LogP contribution in [0.3, 0.4) is 0 Å². The molecule has 0 aliphatic rings. The third-order valence-electron chi connectivity index (χ3n) is 2.79. The van der Waals surface area contributed by atoms with Gasteiger partial charge in [0, 0.05) is 18.1 Å². The van der Waals surface area contributed by atoms with Gasteiger partial charge in [-0.1, -0.05) is 13.8 Å². The highest BCUT2D eigenvalue weighted by Gasteiger charge is 2.11. The summed E-state index contributed by atoms with van der Waals surface area (Å²) in [6.07, 6.45) is 1.36. The van der Waals surface area contributed by atoms with Gasteiger partial charge in [-0.3, -0.25) is 4.79 Å². The maximum atomic E-state index is 11.7. The molecule has 0 unspecified atom stereocenters. The Hall–Kier alpha value is -1.84. The topological polar surface area (TPSA) is 43.6 Å². The lowest BCUT2D eigenvalue weighted by atomic mass is 10.1. The number of ketones is 1. The number of nitrogens with zero attached hydrogens (tertiary/aromatic N) is 2. The van der Waals surface area contributed by atoms with Gasteiger partial charge in [-0.2, -0.15) is 5.10 Å². The SMILES string of the molecule is CCC(=O)c1cc(OC)n2nc(CC)cc2c1. The van der Waals surface area contributed by atoms with E-state index in [1.165, 1.54) is 0 Å². The molecule has 4 nitrogen and oxygen atoms in total. The molecule has 4 heteroatoms. The Labute approximate surface area is 100 Å². The molecular weight excluding hydrogens is 216 g/mol. The fourth-order valence-corrected chi connectivity index (χ4v) is 1.80. The molecule has 0 atom stereocenters. The summed E-state index contributed by atoms with van der Waals surface area (Å²) in [6, 6.07) is 5.58. The molecule has 90 valence electrons. The first-order chi connectivity index (χ1) is 8.19. The fraction of sp³-hybridized carbons (Fsp3) is 0.385. The van der Waals surface area contributed by atoms with Gasteiger partial charge < -0.3 is 4.74 Å². The first-order valence-electron chi connectivity index (χ1n) is 5.79. The number of hydrogen-bond donors (Lipinski definition) is 0. The van der Waals surface area contributed by atoms with Gasteiger partial charge in [-0.05, 0) is 18.6 Å². The van der Waals surface area contributed by atoms with Crippen LogP contribution < -0.4 is 4.74 Å². The summed E-state index contributed by atoms with van der Waals surface area (Å²) in [4.78, 5) is 11.7. The van der Waals surface area contributed by atoms with Crippen molar-refractivity contribution >= 4 is 11.3 Å². The molecule has 2 aromatic rings. The Balaban J connectivity index is 2.64. The Bertz CT molecular complexity index is 558. The second kappa shape index (κ2) is 4.57. The minimum Gasteiger partial charge on any atom is -0.481 e. The molecule has 0 radical (unpaired) electrons. The van der Waals surface area contributed by atoms with E-state index in [0.29, 0.717) is 17.9 Å². The third-order valence-corrected chi connectivity index (χ3v) is 2.79. The average Bonchev–Trinajstić information content (AvgIpc) is 2.79. The van der Waals surface area contributed by atoms with E-state index in [0.717, 1.165) is 17.6 Å². The summed E-state index contributed by atoms with van der Waals surface area (Å²) in [7, 11) is 1.59. The van der Waals surface area contributed by atoms with E-state index < -0.39 is 0 Å². The minimum atomic E-state index is 0.116. The number of fused-ring (bicyclic) bond motifs is 1. The van der Waals surface area contributed by atoms with Gasteiger partial charge in [-0.15, -0.1) is 0 Å². The van der Waals surface area contributed by atoms with Crippen molar-refractivity contribution in [2.75, 3.05) is 7.11 Å². The highest BCUT2D eigenvalue weighted by Crippen LogP contribution is 2.20. The number of aryl methyl sites for hydroxylation is 1. The van der Waals surface area contributed by atoms with E-state index in [1.54, 1.807) is 17.7 Å². The highest BCUT2D eigenvalue weighted by molar-refractivity contribution is 5.97. The Morgan fingerprint density at radius 1 is 1.35 bits per heavy atom. The van der Waals surface area contributed by atoms with Crippen molar-refractivity contribution in [3.05, 3.63) is 29.5 Å². The molecule has 2 rings (SSSR count). The van der Waals surface area contributed by atoms with E-state index in [1.807, 2.05) is 26.0 Å². The third kappa shape index (κ3) is 2.02.